The lowest BCUT2D eigenvalue weighted by atomic mass is 10.2. The molecule has 0 amide bonds. The number of piperazine rings is 1. The van der Waals surface area contributed by atoms with Gasteiger partial charge in [0.1, 0.15) is 0 Å². The summed E-state index contributed by atoms with van der Waals surface area (Å²) in [4.78, 5) is 5.14. The summed E-state index contributed by atoms with van der Waals surface area (Å²) in [7, 11) is 0. The highest BCUT2D eigenvalue weighted by molar-refractivity contribution is 5.02. The van der Waals surface area contributed by atoms with Gasteiger partial charge in [-0.1, -0.05) is 20.4 Å². The molecular formula is C15H29N3. The van der Waals surface area contributed by atoms with Crippen molar-refractivity contribution in [2.24, 2.45) is 5.92 Å². The molecular weight excluding hydrogens is 222 g/mol. The van der Waals surface area contributed by atoms with Crippen LogP contribution in [0.25, 0.3) is 0 Å². The third kappa shape index (κ3) is 5.09. The lowest BCUT2D eigenvalue weighted by Gasteiger charge is -2.35. The second-order valence-electron chi connectivity index (χ2n) is 6.38. The number of hydrogen-bond donors (Lipinski definition) is 1. The molecule has 0 spiro atoms. The third-order valence-electron chi connectivity index (χ3n) is 3.75. The molecule has 3 heteroatoms. The van der Waals surface area contributed by atoms with Gasteiger partial charge >= 0.3 is 0 Å². The third-order valence-corrected chi connectivity index (χ3v) is 3.75. The summed E-state index contributed by atoms with van der Waals surface area (Å²) in [5, 5.41) is 3.54. The molecule has 3 nitrogen and oxygen atoms in total. The zero-order valence-electron chi connectivity index (χ0n) is 12.1. The Labute approximate surface area is 112 Å². The van der Waals surface area contributed by atoms with Gasteiger partial charge < -0.3 is 10.2 Å². The first kappa shape index (κ1) is 14.0. The Bertz CT molecular complexity index is 263. The summed E-state index contributed by atoms with van der Waals surface area (Å²) in [5.41, 5.74) is 1.35. The molecule has 0 aromatic carbocycles. The largest absolute Gasteiger partial charge is 0.310 e. The van der Waals surface area contributed by atoms with Gasteiger partial charge in [0, 0.05) is 51.9 Å². The predicted octanol–water partition coefficient (Wildman–Crippen LogP) is 1.57. The van der Waals surface area contributed by atoms with E-state index in [0.29, 0.717) is 0 Å². The van der Waals surface area contributed by atoms with E-state index in [0.717, 1.165) is 25.0 Å². The fourth-order valence-corrected chi connectivity index (χ4v) is 2.59. The van der Waals surface area contributed by atoms with Crippen LogP contribution in [0.2, 0.25) is 0 Å². The smallest absolute Gasteiger partial charge is 0.0203 e. The van der Waals surface area contributed by atoms with Crippen molar-refractivity contribution in [3.63, 3.8) is 0 Å². The molecule has 1 aliphatic carbocycles. The first-order valence-electron chi connectivity index (χ1n) is 7.48. The van der Waals surface area contributed by atoms with E-state index in [4.69, 9.17) is 0 Å². The van der Waals surface area contributed by atoms with Crippen molar-refractivity contribution in [2.75, 3.05) is 45.8 Å². The van der Waals surface area contributed by atoms with Gasteiger partial charge in [-0.3, -0.25) is 4.90 Å². The Balaban J connectivity index is 1.58. The highest BCUT2D eigenvalue weighted by Gasteiger charge is 2.21. The van der Waals surface area contributed by atoms with Crippen LogP contribution in [0.15, 0.2) is 12.2 Å². The molecule has 0 aromatic rings. The number of nitrogens with zero attached hydrogens (tertiary/aromatic N) is 2. The minimum atomic E-state index is 0.786. The van der Waals surface area contributed by atoms with Crippen LogP contribution in [-0.4, -0.2) is 61.7 Å². The Morgan fingerprint density at radius 3 is 2.33 bits per heavy atom. The maximum absolute atomic E-state index is 4.20. The van der Waals surface area contributed by atoms with Crippen LogP contribution in [0, 0.1) is 5.92 Å². The van der Waals surface area contributed by atoms with Gasteiger partial charge in [-0.25, -0.2) is 0 Å². The monoisotopic (exact) mass is 251 g/mol. The molecule has 0 bridgehead atoms. The van der Waals surface area contributed by atoms with Crippen LogP contribution in [0.5, 0.6) is 0 Å². The van der Waals surface area contributed by atoms with E-state index in [-0.39, 0.29) is 0 Å². The number of nitrogens with one attached hydrogen (secondary N) is 1. The van der Waals surface area contributed by atoms with E-state index >= 15 is 0 Å². The second-order valence-corrected chi connectivity index (χ2v) is 6.38. The topological polar surface area (TPSA) is 18.5 Å². The highest BCUT2D eigenvalue weighted by Crippen LogP contribution is 2.18. The van der Waals surface area contributed by atoms with E-state index < -0.39 is 0 Å². The van der Waals surface area contributed by atoms with Crippen molar-refractivity contribution >= 4 is 0 Å². The minimum Gasteiger partial charge on any atom is -0.310 e. The lowest BCUT2D eigenvalue weighted by molar-refractivity contribution is 0.129. The molecule has 1 N–H and O–H groups in total. The normalized spacial score (nSPS) is 22.6. The molecule has 0 unspecified atom stereocenters. The first-order chi connectivity index (χ1) is 8.63. The summed E-state index contributed by atoms with van der Waals surface area (Å²) in [6.45, 7) is 17.0. The zero-order chi connectivity index (χ0) is 13.0. The van der Waals surface area contributed by atoms with Gasteiger partial charge in [0.05, 0.1) is 0 Å². The van der Waals surface area contributed by atoms with Crippen LogP contribution in [0.1, 0.15) is 26.7 Å². The molecule has 1 heterocycles. The van der Waals surface area contributed by atoms with Crippen molar-refractivity contribution in [1.29, 1.82) is 0 Å². The molecule has 1 saturated carbocycles. The maximum Gasteiger partial charge on any atom is 0.0203 e. The van der Waals surface area contributed by atoms with E-state index in [1.54, 1.807) is 0 Å². The van der Waals surface area contributed by atoms with Gasteiger partial charge in [0.25, 0.3) is 0 Å². The van der Waals surface area contributed by atoms with Crippen LogP contribution in [-0.2, 0) is 0 Å². The summed E-state index contributed by atoms with van der Waals surface area (Å²) >= 11 is 0. The van der Waals surface area contributed by atoms with Crippen molar-refractivity contribution in [1.82, 2.24) is 15.1 Å². The molecule has 104 valence electrons. The Morgan fingerprint density at radius 2 is 1.78 bits per heavy atom. The predicted molar refractivity (Wildman–Crippen MR) is 77.9 cm³/mol. The van der Waals surface area contributed by atoms with Gasteiger partial charge in [-0.2, -0.15) is 0 Å². The maximum atomic E-state index is 4.20. The number of rotatable bonds is 7. The fourth-order valence-electron chi connectivity index (χ4n) is 2.59. The average molecular weight is 251 g/mol. The summed E-state index contributed by atoms with van der Waals surface area (Å²) < 4.78 is 0. The Kier molecular flexibility index (Phi) is 5.22. The summed E-state index contributed by atoms with van der Waals surface area (Å²) in [6.07, 6.45) is 2.72. The molecule has 1 saturated heterocycles. The van der Waals surface area contributed by atoms with Crippen LogP contribution < -0.4 is 5.32 Å². The van der Waals surface area contributed by atoms with Gasteiger partial charge in [0.2, 0.25) is 0 Å². The van der Waals surface area contributed by atoms with Crippen LogP contribution in [0.3, 0.4) is 0 Å². The summed E-state index contributed by atoms with van der Waals surface area (Å²) in [6, 6.07) is 0.796. The second kappa shape index (κ2) is 6.69. The van der Waals surface area contributed by atoms with Crippen molar-refractivity contribution in [3.8, 4) is 0 Å². The first-order valence-corrected chi connectivity index (χ1v) is 7.48. The molecule has 0 aromatic heterocycles. The average Bonchev–Trinajstić information content (AvgIpc) is 3.12. The highest BCUT2D eigenvalue weighted by atomic mass is 15.3. The van der Waals surface area contributed by atoms with Crippen molar-refractivity contribution in [2.45, 2.75) is 32.7 Å². The van der Waals surface area contributed by atoms with Crippen molar-refractivity contribution < 1.29 is 0 Å². The lowest BCUT2D eigenvalue weighted by Crippen LogP contribution is -2.48. The van der Waals surface area contributed by atoms with E-state index in [9.17, 15) is 0 Å². The van der Waals surface area contributed by atoms with Crippen molar-refractivity contribution in [3.05, 3.63) is 12.2 Å². The van der Waals surface area contributed by atoms with Gasteiger partial charge in [-0.05, 0) is 24.3 Å². The fraction of sp³-hybridized carbons (Fsp3) is 0.867. The van der Waals surface area contributed by atoms with E-state index in [1.165, 1.54) is 51.1 Å². The molecule has 0 radical (unpaired) electrons. The zero-order valence-corrected chi connectivity index (χ0v) is 12.1. The Morgan fingerprint density at radius 1 is 1.17 bits per heavy atom. The molecule has 1 aliphatic heterocycles. The van der Waals surface area contributed by atoms with Crippen LogP contribution >= 0.6 is 0 Å². The molecule has 2 fully saturated rings. The standard InChI is InChI=1S/C15H29N3/c1-13(2)11-17-6-8-18(9-7-17)12-14(3)10-16-15-4-5-15/h13,15-16H,3-12H2,1-2H3. The molecule has 0 atom stereocenters. The summed E-state index contributed by atoms with van der Waals surface area (Å²) in [5.74, 6) is 0.786. The van der Waals surface area contributed by atoms with E-state index in [1.807, 2.05) is 0 Å². The quantitative estimate of drug-likeness (QED) is 0.693. The minimum absolute atomic E-state index is 0.786. The molecule has 2 rings (SSSR count). The molecule has 2 aliphatic rings. The van der Waals surface area contributed by atoms with Gasteiger partial charge in [0.15, 0.2) is 0 Å². The Hall–Kier alpha value is -0.380. The van der Waals surface area contributed by atoms with Gasteiger partial charge in [-0.15, -0.1) is 0 Å². The van der Waals surface area contributed by atoms with Crippen LogP contribution in [0.4, 0.5) is 0 Å². The number of hydrogen-bond acceptors (Lipinski definition) is 3. The van der Waals surface area contributed by atoms with E-state index in [2.05, 4.69) is 35.5 Å². The molecule has 18 heavy (non-hydrogen) atoms. The SMILES string of the molecule is C=C(CNC1CC1)CN1CCN(CC(C)C)CC1.